The van der Waals surface area contributed by atoms with E-state index in [0.29, 0.717) is 17.4 Å². The molecule has 0 fully saturated rings. The van der Waals surface area contributed by atoms with Crippen LogP contribution < -0.4 is 10.1 Å². The number of nitrogens with zero attached hydrogens (tertiary/aromatic N) is 1. The SMILES string of the molecule is COc1nc2ccccc2cc1-c1cccc(C(=O)N[C@@H](C)C(C)C)c1. The third kappa shape index (κ3) is 3.69. The second kappa shape index (κ2) is 7.56. The van der Waals surface area contributed by atoms with E-state index in [1.807, 2.05) is 55.5 Å². The number of methoxy groups -OCH3 is 1. The molecule has 4 heteroatoms. The Morgan fingerprint density at radius 2 is 1.81 bits per heavy atom. The summed E-state index contributed by atoms with van der Waals surface area (Å²) in [5.41, 5.74) is 3.29. The van der Waals surface area contributed by atoms with Gasteiger partial charge in [0.1, 0.15) is 0 Å². The Hall–Kier alpha value is -2.88. The van der Waals surface area contributed by atoms with Gasteiger partial charge in [-0.1, -0.05) is 44.2 Å². The third-order valence-electron chi connectivity index (χ3n) is 4.68. The van der Waals surface area contributed by atoms with Crippen LogP contribution in [-0.4, -0.2) is 24.0 Å². The minimum atomic E-state index is -0.0687. The van der Waals surface area contributed by atoms with Crippen molar-refractivity contribution in [3.05, 3.63) is 60.2 Å². The van der Waals surface area contributed by atoms with Gasteiger partial charge in [-0.2, -0.15) is 0 Å². The molecule has 3 aromatic rings. The lowest BCUT2D eigenvalue weighted by atomic mass is 10.0. The number of benzene rings is 2. The maximum absolute atomic E-state index is 12.6. The molecule has 1 aromatic heterocycles. The van der Waals surface area contributed by atoms with Crippen molar-refractivity contribution in [3.8, 4) is 17.0 Å². The molecule has 0 radical (unpaired) electrons. The molecule has 134 valence electrons. The molecular weight excluding hydrogens is 324 g/mol. The summed E-state index contributed by atoms with van der Waals surface area (Å²) in [6.07, 6.45) is 0. The highest BCUT2D eigenvalue weighted by Crippen LogP contribution is 2.32. The number of hydrogen-bond acceptors (Lipinski definition) is 3. The quantitative estimate of drug-likeness (QED) is 0.728. The van der Waals surface area contributed by atoms with E-state index >= 15 is 0 Å². The Morgan fingerprint density at radius 1 is 1.04 bits per heavy atom. The Bertz CT molecular complexity index is 934. The fourth-order valence-corrected chi connectivity index (χ4v) is 2.75. The van der Waals surface area contributed by atoms with Gasteiger partial charge in [0, 0.05) is 22.6 Å². The standard InChI is InChI=1S/C22H24N2O2/c1-14(2)15(3)23-21(25)18-10-7-9-16(12-18)19-13-17-8-5-6-11-20(17)24-22(19)26-4/h5-15H,1-4H3,(H,23,25)/t15-/m0/s1. The minimum absolute atomic E-state index is 0.0687. The van der Waals surface area contributed by atoms with Crippen molar-refractivity contribution in [2.24, 2.45) is 5.92 Å². The zero-order chi connectivity index (χ0) is 18.7. The molecule has 0 aliphatic heterocycles. The average molecular weight is 348 g/mol. The van der Waals surface area contributed by atoms with Gasteiger partial charge in [-0.3, -0.25) is 4.79 Å². The topological polar surface area (TPSA) is 51.2 Å². The maximum Gasteiger partial charge on any atom is 0.251 e. The monoisotopic (exact) mass is 348 g/mol. The van der Waals surface area contributed by atoms with Crippen LogP contribution in [0.15, 0.2) is 54.6 Å². The lowest BCUT2D eigenvalue weighted by Crippen LogP contribution is -2.36. The molecule has 0 unspecified atom stereocenters. The summed E-state index contributed by atoms with van der Waals surface area (Å²) >= 11 is 0. The molecule has 1 N–H and O–H groups in total. The first-order chi connectivity index (χ1) is 12.5. The lowest BCUT2D eigenvalue weighted by molar-refractivity contribution is 0.0930. The number of aromatic nitrogens is 1. The summed E-state index contributed by atoms with van der Waals surface area (Å²) in [5, 5.41) is 4.08. The van der Waals surface area contributed by atoms with Crippen LogP contribution in [0.25, 0.3) is 22.0 Å². The van der Waals surface area contributed by atoms with Gasteiger partial charge in [0.25, 0.3) is 5.91 Å². The zero-order valence-corrected chi connectivity index (χ0v) is 15.6. The first-order valence-electron chi connectivity index (χ1n) is 8.84. The van der Waals surface area contributed by atoms with Crippen LogP contribution in [0.4, 0.5) is 0 Å². The molecule has 0 spiro atoms. The average Bonchev–Trinajstić information content (AvgIpc) is 2.66. The molecule has 0 aliphatic rings. The Morgan fingerprint density at radius 3 is 2.54 bits per heavy atom. The van der Waals surface area contributed by atoms with Gasteiger partial charge < -0.3 is 10.1 Å². The smallest absolute Gasteiger partial charge is 0.251 e. The van der Waals surface area contributed by atoms with Crippen LogP contribution in [0, 0.1) is 5.92 Å². The first-order valence-corrected chi connectivity index (χ1v) is 8.84. The van der Waals surface area contributed by atoms with Crippen LogP contribution >= 0.6 is 0 Å². The van der Waals surface area contributed by atoms with E-state index in [0.717, 1.165) is 22.0 Å². The van der Waals surface area contributed by atoms with Crippen LogP contribution in [0.1, 0.15) is 31.1 Å². The van der Waals surface area contributed by atoms with Crippen LogP contribution in [-0.2, 0) is 0 Å². The van der Waals surface area contributed by atoms with Crippen molar-refractivity contribution in [2.45, 2.75) is 26.8 Å². The highest BCUT2D eigenvalue weighted by Gasteiger charge is 2.15. The molecule has 0 saturated heterocycles. The lowest BCUT2D eigenvalue weighted by Gasteiger charge is -2.17. The number of pyridine rings is 1. The summed E-state index contributed by atoms with van der Waals surface area (Å²) in [4.78, 5) is 17.1. The van der Waals surface area contributed by atoms with Crippen molar-refractivity contribution in [2.75, 3.05) is 7.11 Å². The number of fused-ring (bicyclic) bond motifs is 1. The highest BCUT2D eigenvalue weighted by atomic mass is 16.5. The van der Waals surface area contributed by atoms with Gasteiger partial charge in [-0.25, -0.2) is 4.98 Å². The van der Waals surface area contributed by atoms with Gasteiger partial charge >= 0.3 is 0 Å². The predicted molar refractivity (Wildman–Crippen MR) is 105 cm³/mol. The van der Waals surface area contributed by atoms with E-state index in [9.17, 15) is 4.79 Å². The minimum Gasteiger partial charge on any atom is -0.481 e. The molecule has 1 amide bonds. The zero-order valence-electron chi connectivity index (χ0n) is 15.6. The number of rotatable bonds is 5. The molecule has 26 heavy (non-hydrogen) atoms. The van der Waals surface area contributed by atoms with Gasteiger partial charge in [-0.15, -0.1) is 0 Å². The number of hydrogen-bond donors (Lipinski definition) is 1. The van der Waals surface area contributed by atoms with Gasteiger partial charge in [0.2, 0.25) is 5.88 Å². The second-order valence-electron chi connectivity index (χ2n) is 6.82. The molecule has 0 bridgehead atoms. The number of amides is 1. The number of carbonyl (C=O) groups is 1. The van der Waals surface area contributed by atoms with Crippen LogP contribution in [0.2, 0.25) is 0 Å². The van der Waals surface area contributed by atoms with E-state index in [4.69, 9.17) is 4.74 Å². The van der Waals surface area contributed by atoms with Gasteiger partial charge in [0.15, 0.2) is 0 Å². The molecule has 0 aliphatic carbocycles. The third-order valence-corrected chi connectivity index (χ3v) is 4.68. The van der Waals surface area contributed by atoms with Crippen molar-refractivity contribution >= 4 is 16.8 Å². The van der Waals surface area contributed by atoms with Crippen LogP contribution in [0.3, 0.4) is 0 Å². The first kappa shape index (κ1) is 17.9. The predicted octanol–water partition coefficient (Wildman–Crippen LogP) is 4.68. The van der Waals surface area contributed by atoms with E-state index in [-0.39, 0.29) is 11.9 Å². The maximum atomic E-state index is 12.6. The number of para-hydroxylation sites is 1. The summed E-state index contributed by atoms with van der Waals surface area (Å²) in [7, 11) is 1.61. The summed E-state index contributed by atoms with van der Waals surface area (Å²) < 4.78 is 5.49. The van der Waals surface area contributed by atoms with E-state index < -0.39 is 0 Å². The van der Waals surface area contributed by atoms with E-state index in [2.05, 4.69) is 30.2 Å². The second-order valence-corrected chi connectivity index (χ2v) is 6.82. The molecule has 1 atom stereocenters. The van der Waals surface area contributed by atoms with E-state index in [1.54, 1.807) is 7.11 Å². The number of carbonyl (C=O) groups excluding carboxylic acids is 1. The molecular formula is C22H24N2O2. The highest BCUT2D eigenvalue weighted by molar-refractivity contribution is 5.96. The molecule has 1 heterocycles. The number of ether oxygens (including phenoxy) is 1. The van der Waals surface area contributed by atoms with Crippen molar-refractivity contribution < 1.29 is 9.53 Å². The summed E-state index contributed by atoms with van der Waals surface area (Å²) in [6.45, 7) is 6.20. The normalized spacial score (nSPS) is 12.2. The van der Waals surface area contributed by atoms with Gasteiger partial charge in [0.05, 0.1) is 12.6 Å². The molecule has 3 rings (SSSR count). The van der Waals surface area contributed by atoms with E-state index in [1.165, 1.54) is 0 Å². The molecule has 0 saturated carbocycles. The molecule has 2 aromatic carbocycles. The Labute approximate surface area is 154 Å². The molecule has 4 nitrogen and oxygen atoms in total. The van der Waals surface area contributed by atoms with Gasteiger partial charge in [-0.05, 0) is 42.7 Å². The number of nitrogens with one attached hydrogen (secondary N) is 1. The van der Waals surface area contributed by atoms with Crippen LogP contribution in [0.5, 0.6) is 5.88 Å². The van der Waals surface area contributed by atoms with Crippen molar-refractivity contribution in [1.29, 1.82) is 0 Å². The Kier molecular flexibility index (Phi) is 5.21. The summed E-state index contributed by atoms with van der Waals surface area (Å²) in [6, 6.07) is 17.6. The fourth-order valence-electron chi connectivity index (χ4n) is 2.75. The van der Waals surface area contributed by atoms with Crippen molar-refractivity contribution in [3.63, 3.8) is 0 Å². The fraction of sp³-hybridized carbons (Fsp3) is 0.273. The van der Waals surface area contributed by atoms with Crippen molar-refractivity contribution in [1.82, 2.24) is 10.3 Å². The summed E-state index contributed by atoms with van der Waals surface area (Å²) in [5.74, 6) is 0.865. The Balaban J connectivity index is 2.00. The largest absolute Gasteiger partial charge is 0.481 e.